The van der Waals surface area contributed by atoms with Gasteiger partial charge in [-0.15, -0.1) is 0 Å². The molecule has 0 radical (unpaired) electrons. The summed E-state index contributed by atoms with van der Waals surface area (Å²) < 4.78 is 0. The third-order valence-electron chi connectivity index (χ3n) is 5.88. The van der Waals surface area contributed by atoms with Crippen LogP contribution in [0.3, 0.4) is 0 Å². The molecule has 6 heteroatoms. The molecule has 2 aliphatic heterocycles. The van der Waals surface area contributed by atoms with Crippen LogP contribution in [0.5, 0.6) is 0 Å². The third-order valence-corrected chi connectivity index (χ3v) is 5.88. The van der Waals surface area contributed by atoms with Crippen molar-refractivity contribution in [2.75, 3.05) is 33.2 Å². The Morgan fingerprint density at radius 1 is 1.42 bits per heavy atom. The Hall–Kier alpha value is -1.56. The molecule has 0 aromatic carbocycles. The molecular weight excluding hydrogens is 302 g/mol. The summed E-state index contributed by atoms with van der Waals surface area (Å²) in [5.41, 5.74) is 1.39. The molecule has 6 nitrogen and oxygen atoms in total. The van der Waals surface area contributed by atoms with E-state index in [0.29, 0.717) is 12.0 Å². The summed E-state index contributed by atoms with van der Waals surface area (Å²) in [7, 11) is 2.17. The van der Waals surface area contributed by atoms with Crippen LogP contribution in [0, 0.1) is 5.41 Å². The van der Waals surface area contributed by atoms with Crippen LogP contribution in [0.25, 0.3) is 0 Å². The first kappa shape index (κ1) is 17.3. The van der Waals surface area contributed by atoms with E-state index >= 15 is 0 Å². The highest BCUT2D eigenvalue weighted by atomic mass is 16.2. The molecule has 0 spiro atoms. The van der Waals surface area contributed by atoms with Crippen LogP contribution in [-0.2, 0) is 0 Å². The number of likely N-dealkylation sites (tertiary alicyclic amines) is 2. The molecule has 3 heterocycles. The largest absolute Gasteiger partial charge is 0.336 e. The normalized spacial score (nSPS) is 27.9. The summed E-state index contributed by atoms with van der Waals surface area (Å²) in [4.78, 5) is 17.0. The number of H-pyrrole nitrogens is 1. The lowest BCUT2D eigenvalue weighted by molar-refractivity contribution is 0.0584. The number of carbonyl (C=O) groups is 1. The number of piperidine rings is 2. The maximum atomic E-state index is 12.6. The molecule has 1 aromatic rings. The molecule has 0 aliphatic carbocycles. The zero-order chi connectivity index (χ0) is 17.2. The Bertz CT molecular complexity index is 542. The molecule has 134 valence electrons. The monoisotopic (exact) mass is 333 g/mol. The number of carbonyl (C=O) groups excluding carboxylic acids is 1. The Balaban J connectivity index is 1.54. The van der Waals surface area contributed by atoms with Gasteiger partial charge in [0, 0.05) is 43.5 Å². The van der Waals surface area contributed by atoms with Gasteiger partial charge in [-0.1, -0.05) is 13.8 Å². The van der Waals surface area contributed by atoms with Crippen molar-refractivity contribution in [3.05, 3.63) is 18.0 Å². The molecule has 2 atom stereocenters. The van der Waals surface area contributed by atoms with Gasteiger partial charge in [0.05, 0.1) is 0 Å². The Morgan fingerprint density at radius 2 is 2.25 bits per heavy atom. The van der Waals surface area contributed by atoms with Crippen LogP contribution < -0.4 is 5.32 Å². The van der Waals surface area contributed by atoms with Crippen LogP contribution in [-0.4, -0.2) is 65.3 Å². The van der Waals surface area contributed by atoms with Crippen molar-refractivity contribution in [3.8, 4) is 0 Å². The van der Waals surface area contributed by atoms with Crippen molar-refractivity contribution >= 4 is 6.03 Å². The van der Waals surface area contributed by atoms with E-state index in [1.165, 1.54) is 12.8 Å². The standard InChI is InChI=1S/C18H31N5O/c1-18(2)8-5-10-22(3)16(18)12-19-17(24)23-11-4-6-14(13-23)15-7-9-20-21-15/h7,9,14,16H,4-6,8,10-13H2,1-3H3,(H,19,24)(H,20,21)/t14-,16+/m0/s1. The van der Waals surface area contributed by atoms with Crippen molar-refractivity contribution in [1.82, 2.24) is 25.3 Å². The van der Waals surface area contributed by atoms with E-state index in [1.807, 2.05) is 11.0 Å². The molecule has 2 N–H and O–H groups in total. The zero-order valence-electron chi connectivity index (χ0n) is 15.2. The van der Waals surface area contributed by atoms with Gasteiger partial charge in [-0.2, -0.15) is 5.10 Å². The molecule has 3 rings (SSSR count). The van der Waals surface area contributed by atoms with Gasteiger partial charge in [0.25, 0.3) is 0 Å². The highest BCUT2D eigenvalue weighted by molar-refractivity contribution is 5.74. The van der Waals surface area contributed by atoms with E-state index in [-0.39, 0.29) is 11.4 Å². The molecule has 0 bridgehead atoms. The van der Waals surface area contributed by atoms with Crippen molar-refractivity contribution in [1.29, 1.82) is 0 Å². The number of amides is 2. The van der Waals surface area contributed by atoms with Gasteiger partial charge in [-0.05, 0) is 50.8 Å². The summed E-state index contributed by atoms with van der Waals surface area (Å²) in [5, 5.41) is 10.3. The number of hydrogen-bond donors (Lipinski definition) is 2. The maximum absolute atomic E-state index is 12.6. The quantitative estimate of drug-likeness (QED) is 0.893. The molecule has 2 aliphatic rings. The van der Waals surface area contributed by atoms with Crippen LogP contribution in [0.1, 0.15) is 51.1 Å². The lowest BCUT2D eigenvalue weighted by atomic mass is 9.76. The Morgan fingerprint density at radius 3 is 2.96 bits per heavy atom. The van der Waals surface area contributed by atoms with Crippen LogP contribution in [0.4, 0.5) is 4.79 Å². The van der Waals surface area contributed by atoms with Crippen LogP contribution >= 0.6 is 0 Å². The van der Waals surface area contributed by atoms with Gasteiger partial charge in [-0.3, -0.25) is 5.10 Å². The number of aromatic nitrogens is 2. The van der Waals surface area contributed by atoms with Gasteiger partial charge in [0.15, 0.2) is 0 Å². The fourth-order valence-corrected chi connectivity index (χ4v) is 4.34. The Kier molecular flexibility index (Phi) is 5.13. The molecule has 0 saturated carbocycles. The molecule has 2 amide bonds. The minimum Gasteiger partial charge on any atom is -0.336 e. The zero-order valence-corrected chi connectivity index (χ0v) is 15.2. The maximum Gasteiger partial charge on any atom is 0.317 e. The number of urea groups is 1. The first-order valence-corrected chi connectivity index (χ1v) is 9.19. The second-order valence-corrected chi connectivity index (χ2v) is 8.07. The Labute approximate surface area is 145 Å². The predicted molar refractivity (Wildman–Crippen MR) is 95.0 cm³/mol. The smallest absolute Gasteiger partial charge is 0.317 e. The minimum absolute atomic E-state index is 0.0778. The number of likely N-dealkylation sites (N-methyl/N-ethyl adjacent to an activating group) is 1. The fourth-order valence-electron chi connectivity index (χ4n) is 4.34. The number of rotatable bonds is 3. The topological polar surface area (TPSA) is 64.3 Å². The van der Waals surface area contributed by atoms with Gasteiger partial charge < -0.3 is 15.1 Å². The van der Waals surface area contributed by atoms with Crippen molar-refractivity contribution in [3.63, 3.8) is 0 Å². The van der Waals surface area contributed by atoms with Crippen LogP contribution in [0.2, 0.25) is 0 Å². The van der Waals surface area contributed by atoms with Gasteiger partial charge in [-0.25, -0.2) is 4.79 Å². The molecular formula is C18H31N5O. The number of nitrogens with one attached hydrogen (secondary N) is 2. The first-order chi connectivity index (χ1) is 11.5. The van der Waals surface area contributed by atoms with Crippen molar-refractivity contribution in [2.24, 2.45) is 5.41 Å². The van der Waals surface area contributed by atoms with E-state index < -0.39 is 0 Å². The van der Waals surface area contributed by atoms with E-state index in [1.54, 1.807) is 6.20 Å². The average molecular weight is 333 g/mol. The van der Waals surface area contributed by atoms with E-state index in [9.17, 15) is 4.79 Å². The van der Waals surface area contributed by atoms with Gasteiger partial charge >= 0.3 is 6.03 Å². The van der Waals surface area contributed by atoms with Crippen molar-refractivity contribution in [2.45, 2.75) is 51.5 Å². The first-order valence-electron chi connectivity index (χ1n) is 9.19. The summed E-state index contributed by atoms with van der Waals surface area (Å²) >= 11 is 0. The van der Waals surface area contributed by atoms with E-state index in [0.717, 1.165) is 44.7 Å². The van der Waals surface area contributed by atoms with Crippen molar-refractivity contribution < 1.29 is 4.79 Å². The third kappa shape index (κ3) is 3.74. The number of hydrogen-bond acceptors (Lipinski definition) is 3. The highest BCUT2D eigenvalue weighted by Gasteiger charge is 2.36. The van der Waals surface area contributed by atoms with E-state index in [2.05, 4.69) is 41.3 Å². The second-order valence-electron chi connectivity index (χ2n) is 8.07. The summed E-state index contributed by atoms with van der Waals surface area (Å²) in [6, 6.07) is 2.50. The molecule has 2 saturated heterocycles. The van der Waals surface area contributed by atoms with E-state index in [4.69, 9.17) is 0 Å². The highest BCUT2D eigenvalue weighted by Crippen LogP contribution is 2.34. The summed E-state index contributed by atoms with van der Waals surface area (Å²) in [6.07, 6.45) is 6.42. The number of nitrogens with zero attached hydrogens (tertiary/aromatic N) is 3. The lowest BCUT2D eigenvalue weighted by Crippen LogP contribution is -2.55. The molecule has 2 fully saturated rings. The average Bonchev–Trinajstić information content (AvgIpc) is 3.08. The van der Waals surface area contributed by atoms with Gasteiger partial charge in [0.1, 0.15) is 0 Å². The van der Waals surface area contributed by atoms with Crippen LogP contribution in [0.15, 0.2) is 12.3 Å². The molecule has 24 heavy (non-hydrogen) atoms. The summed E-state index contributed by atoms with van der Waals surface area (Å²) in [5.74, 6) is 0.376. The number of aromatic amines is 1. The van der Waals surface area contributed by atoms with Gasteiger partial charge in [0.2, 0.25) is 0 Å². The lowest BCUT2D eigenvalue weighted by Gasteiger charge is -2.45. The predicted octanol–water partition coefficient (Wildman–Crippen LogP) is 2.42. The fraction of sp³-hybridized carbons (Fsp3) is 0.778. The molecule has 1 aromatic heterocycles. The summed E-state index contributed by atoms with van der Waals surface area (Å²) in [6.45, 7) is 8.10. The second kappa shape index (κ2) is 7.13. The minimum atomic E-state index is 0.0778. The SMILES string of the molecule is CN1CCCC(C)(C)[C@H]1CNC(=O)N1CCC[C@H](c2ccn[nH]2)C1. The molecule has 0 unspecified atom stereocenters.